The van der Waals surface area contributed by atoms with Crippen molar-refractivity contribution in [2.45, 2.75) is 44.1 Å². The number of hydrogen-bond donors (Lipinski definition) is 1. The largest absolute Gasteiger partial charge is 0.385 e. The van der Waals surface area contributed by atoms with E-state index in [0.29, 0.717) is 5.56 Å². The molecule has 0 saturated heterocycles. The lowest BCUT2D eigenvalue weighted by molar-refractivity contribution is -0.0397. The van der Waals surface area contributed by atoms with Gasteiger partial charge in [-0.05, 0) is 28.1 Å². The third-order valence-corrected chi connectivity index (χ3v) is 2.88. The topological polar surface area (TPSA) is 20.2 Å². The van der Waals surface area contributed by atoms with Crippen molar-refractivity contribution in [2.75, 3.05) is 0 Å². The number of hydrogen-bond acceptors (Lipinski definition) is 1. The van der Waals surface area contributed by atoms with Crippen molar-refractivity contribution < 1.29 is 13.9 Å². The Morgan fingerprint density at radius 2 is 1.65 bits per heavy atom. The van der Waals surface area contributed by atoms with Crippen molar-refractivity contribution in [3.63, 3.8) is 0 Å². The summed E-state index contributed by atoms with van der Waals surface area (Å²) in [5.41, 5.74) is 1.78. The van der Waals surface area contributed by atoms with Crippen LogP contribution in [0.5, 0.6) is 0 Å². The molecule has 4 heteroatoms. The summed E-state index contributed by atoms with van der Waals surface area (Å²) >= 11 is 4.75. The van der Waals surface area contributed by atoms with Gasteiger partial charge in [-0.1, -0.05) is 45.0 Å². The molecule has 1 N–H and O–H groups in total. The number of benzene rings is 1. The molecule has 1 unspecified atom stereocenters. The zero-order chi connectivity index (χ0) is 13.3. The molecular weight excluding hydrogens is 246 g/mol. The van der Waals surface area contributed by atoms with Crippen molar-refractivity contribution >= 4 is 11.6 Å². The molecule has 1 rings (SSSR count). The Bertz CT molecular complexity index is 362. The van der Waals surface area contributed by atoms with E-state index in [9.17, 15) is 13.9 Å². The van der Waals surface area contributed by atoms with Gasteiger partial charge in [0.15, 0.2) is 0 Å². The molecule has 1 nitrogen and oxygen atoms in total. The van der Waals surface area contributed by atoms with E-state index in [4.69, 9.17) is 11.6 Å². The lowest BCUT2D eigenvalue weighted by atomic mass is 9.86. The van der Waals surface area contributed by atoms with Crippen LogP contribution in [0.15, 0.2) is 24.3 Å². The van der Waals surface area contributed by atoms with Crippen molar-refractivity contribution in [3.05, 3.63) is 35.4 Å². The number of aliphatic hydroxyl groups excluding tert-OH is 1. The third-order valence-electron chi connectivity index (χ3n) is 2.63. The van der Waals surface area contributed by atoms with Crippen LogP contribution in [0, 0.1) is 0 Å². The summed E-state index contributed by atoms with van der Waals surface area (Å²) in [5.74, 6) is 0. The molecule has 0 amide bonds. The van der Waals surface area contributed by atoms with Crippen LogP contribution in [-0.4, -0.2) is 16.6 Å². The molecule has 0 spiro atoms. The molecular formula is C13H17ClF2O. The summed E-state index contributed by atoms with van der Waals surface area (Å²) in [6, 6.07) is 7.25. The van der Waals surface area contributed by atoms with Gasteiger partial charge in [-0.2, -0.15) is 8.78 Å². The number of alkyl halides is 3. The Balaban J connectivity index is 2.76. The van der Waals surface area contributed by atoms with Crippen LogP contribution >= 0.6 is 11.6 Å². The van der Waals surface area contributed by atoms with Gasteiger partial charge in [-0.15, -0.1) is 0 Å². The van der Waals surface area contributed by atoms with Crippen molar-refractivity contribution in [2.24, 2.45) is 0 Å². The van der Waals surface area contributed by atoms with Crippen LogP contribution < -0.4 is 0 Å². The summed E-state index contributed by atoms with van der Waals surface area (Å²) in [5, 5.41) is 5.61. The first kappa shape index (κ1) is 14.4. The highest BCUT2D eigenvalue weighted by atomic mass is 35.5. The fraction of sp³-hybridized carbons (Fsp3) is 0.538. The Labute approximate surface area is 105 Å². The third kappa shape index (κ3) is 4.25. The standard InChI is InChI=1S/C13H17ClF2O/c1-12(2,3)10-6-4-9(5-7-10)8-11(17)13(14,15)16/h4-7,11,17H,8H2,1-3H3. The van der Waals surface area contributed by atoms with Gasteiger partial charge >= 0.3 is 5.38 Å². The van der Waals surface area contributed by atoms with E-state index in [0.717, 1.165) is 5.56 Å². The Hall–Kier alpha value is -0.670. The van der Waals surface area contributed by atoms with Crippen molar-refractivity contribution in [1.82, 2.24) is 0 Å². The van der Waals surface area contributed by atoms with Crippen molar-refractivity contribution in [3.8, 4) is 0 Å². The Morgan fingerprint density at radius 3 is 2.00 bits per heavy atom. The summed E-state index contributed by atoms with van der Waals surface area (Å²) in [4.78, 5) is 0. The predicted molar refractivity (Wildman–Crippen MR) is 65.7 cm³/mol. The van der Waals surface area contributed by atoms with Gasteiger partial charge < -0.3 is 5.11 Å². The van der Waals surface area contributed by atoms with E-state index < -0.39 is 11.5 Å². The zero-order valence-corrected chi connectivity index (χ0v) is 10.9. The molecule has 0 radical (unpaired) electrons. The van der Waals surface area contributed by atoms with Gasteiger partial charge in [-0.25, -0.2) is 0 Å². The molecule has 0 aliphatic heterocycles. The van der Waals surface area contributed by atoms with Gasteiger partial charge in [0.05, 0.1) is 0 Å². The predicted octanol–water partition coefficient (Wildman–Crippen LogP) is 3.72. The minimum atomic E-state index is -3.58. The summed E-state index contributed by atoms with van der Waals surface area (Å²) in [6.07, 6.45) is -2.01. The molecule has 1 aromatic carbocycles. The highest BCUT2D eigenvalue weighted by molar-refractivity contribution is 6.22. The summed E-state index contributed by atoms with van der Waals surface area (Å²) in [6.45, 7) is 6.22. The lowest BCUT2D eigenvalue weighted by Gasteiger charge is -2.20. The van der Waals surface area contributed by atoms with Gasteiger partial charge in [-0.3, -0.25) is 0 Å². The second-order valence-electron chi connectivity index (χ2n) is 5.21. The van der Waals surface area contributed by atoms with Gasteiger partial charge in [0, 0.05) is 6.42 Å². The first-order chi connectivity index (χ1) is 7.60. The van der Waals surface area contributed by atoms with Crippen LogP contribution in [0.2, 0.25) is 0 Å². The number of rotatable bonds is 3. The highest BCUT2D eigenvalue weighted by Gasteiger charge is 2.35. The summed E-state index contributed by atoms with van der Waals surface area (Å²) in [7, 11) is 0. The molecule has 0 aliphatic carbocycles. The fourth-order valence-corrected chi connectivity index (χ4v) is 1.56. The number of aliphatic hydroxyl groups is 1. The van der Waals surface area contributed by atoms with Crippen LogP contribution in [0.3, 0.4) is 0 Å². The molecule has 0 bridgehead atoms. The normalized spacial score (nSPS) is 14.8. The Kier molecular flexibility index (Phi) is 4.15. The molecule has 0 heterocycles. The van der Waals surface area contributed by atoms with Crippen LogP contribution in [0.25, 0.3) is 0 Å². The fourth-order valence-electron chi connectivity index (χ4n) is 1.48. The van der Waals surface area contributed by atoms with Gasteiger partial charge in [0.2, 0.25) is 0 Å². The maximum Gasteiger partial charge on any atom is 0.347 e. The molecule has 96 valence electrons. The molecule has 0 saturated carbocycles. The van der Waals surface area contributed by atoms with E-state index >= 15 is 0 Å². The van der Waals surface area contributed by atoms with Gasteiger partial charge in [0.1, 0.15) is 6.10 Å². The van der Waals surface area contributed by atoms with E-state index in [1.807, 2.05) is 12.1 Å². The second kappa shape index (κ2) is 4.91. The van der Waals surface area contributed by atoms with E-state index in [2.05, 4.69) is 20.8 Å². The van der Waals surface area contributed by atoms with Crippen LogP contribution in [0.4, 0.5) is 8.78 Å². The van der Waals surface area contributed by atoms with Crippen molar-refractivity contribution in [1.29, 1.82) is 0 Å². The first-order valence-corrected chi connectivity index (χ1v) is 5.82. The molecule has 17 heavy (non-hydrogen) atoms. The quantitative estimate of drug-likeness (QED) is 0.823. The average Bonchev–Trinajstić information content (AvgIpc) is 2.15. The molecule has 1 aromatic rings. The average molecular weight is 263 g/mol. The van der Waals surface area contributed by atoms with E-state index in [1.54, 1.807) is 12.1 Å². The zero-order valence-electron chi connectivity index (χ0n) is 10.2. The molecule has 1 atom stereocenters. The van der Waals surface area contributed by atoms with E-state index in [1.165, 1.54) is 0 Å². The molecule has 0 fully saturated rings. The Morgan fingerprint density at radius 1 is 1.18 bits per heavy atom. The van der Waals surface area contributed by atoms with E-state index in [-0.39, 0.29) is 11.8 Å². The lowest BCUT2D eigenvalue weighted by Crippen LogP contribution is -2.29. The summed E-state index contributed by atoms with van der Waals surface area (Å²) < 4.78 is 25.2. The molecule has 0 aromatic heterocycles. The van der Waals surface area contributed by atoms with Crippen LogP contribution in [0.1, 0.15) is 31.9 Å². The minimum Gasteiger partial charge on any atom is -0.385 e. The first-order valence-electron chi connectivity index (χ1n) is 5.45. The van der Waals surface area contributed by atoms with Crippen LogP contribution in [-0.2, 0) is 11.8 Å². The number of halogens is 3. The second-order valence-corrected chi connectivity index (χ2v) is 5.71. The maximum atomic E-state index is 12.6. The monoisotopic (exact) mass is 262 g/mol. The maximum absolute atomic E-state index is 12.6. The highest BCUT2D eigenvalue weighted by Crippen LogP contribution is 2.27. The smallest absolute Gasteiger partial charge is 0.347 e. The SMILES string of the molecule is CC(C)(C)c1ccc(CC(O)C(F)(F)Cl)cc1. The molecule has 0 aliphatic rings. The van der Waals surface area contributed by atoms with Gasteiger partial charge in [0.25, 0.3) is 0 Å². The minimum absolute atomic E-state index is 0.0214.